The minimum atomic E-state index is -0.939. The Morgan fingerprint density at radius 2 is 2.20 bits per heavy atom. The number of hydrogen-bond donors (Lipinski definition) is 1. The summed E-state index contributed by atoms with van der Waals surface area (Å²) in [6, 6.07) is 0. The normalized spacial score (nSPS) is 33.5. The lowest BCUT2D eigenvalue weighted by molar-refractivity contribution is -0.149. The van der Waals surface area contributed by atoms with E-state index in [2.05, 4.69) is 0 Å². The molecule has 0 bridgehead atoms. The maximum atomic E-state index is 11.3. The Morgan fingerprint density at radius 3 is 2.60 bits per heavy atom. The van der Waals surface area contributed by atoms with Crippen LogP contribution in [0, 0.1) is 5.41 Å². The van der Waals surface area contributed by atoms with Gasteiger partial charge in [0.1, 0.15) is 5.60 Å². The van der Waals surface area contributed by atoms with Crippen LogP contribution in [-0.2, 0) is 9.53 Å². The second kappa shape index (κ2) is 2.87. The Kier molecular flexibility index (Phi) is 1.96. The fourth-order valence-corrected chi connectivity index (χ4v) is 2.50. The number of hydrogen-bond acceptors (Lipinski definition) is 3. The summed E-state index contributed by atoms with van der Waals surface area (Å²) in [5, 5.41) is 8.88. The van der Waals surface area contributed by atoms with Crippen molar-refractivity contribution in [2.24, 2.45) is 5.41 Å². The maximum Gasteiger partial charge on any atom is 0.407 e. The third-order valence-electron chi connectivity index (χ3n) is 3.63. The number of amides is 1. The van der Waals surface area contributed by atoms with Crippen LogP contribution in [0.25, 0.3) is 0 Å². The second-order valence-corrected chi connectivity index (χ2v) is 4.98. The van der Waals surface area contributed by atoms with Crippen LogP contribution in [0.5, 0.6) is 0 Å². The number of esters is 1. The number of rotatable bonds is 0. The standard InChI is InChI=1S/C10H15NO4/c1-9(2)5-7(12)15-10(9)3-4-11(6-10)8(13)14/h3-6H2,1-2H3,(H,13,14). The lowest BCUT2D eigenvalue weighted by atomic mass is 9.74. The van der Waals surface area contributed by atoms with Gasteiger partial charge in [-0.25, -0.2) is 4.79 Å². The summed E-state index contributed by atoms with van der Waals surface area (Å²) in [7, 11) is 0. The summed E-state index contributed by atoms with van der Waals surface area (Å²) in [5.41, 5.74) is -0.864. The second-order valence-electron chi connectivity index (χ2n) is 4.98. The van der Waals surface area contributed by atoms with Gasteiger partial charge in [0.05, 0.1) is 13.0 Å². The molecule has 2 aliphatic heterocycles. The number of likely N-dealkylation sites (tertiary alicyclic amines) is 1. The molecule has 0 aromatic carbocycles. The highest BCUT2D eigenvalue weighted by molar-refractivity contribution is 5.74. The van der Waals surface area contributed by atoms with E-state index in [1.165, 1.54) is 4.90 Å². The molecular formula is C10H15NO4. The van der Waals surface area contributed by atoms with E-state index < -0.39 is 11.7 Å². The number of ether oxygens (including phenoxy) is 1. The van der Waals surface area contributed by atoms with E-state index in [0.29, 0.717) is 25.9 Å². The summed E-state index contributed by atoms with van der Waals surface area (Å²) < 4.78 is 5.36. The van der Waals surface area contributed by atoms with Gasteiger partial charge in [0.25, 0.3) is 0 Å². The number of carbonyl (C=O) groups is 2. The molecule has 2 fully saturated rings. The molecule has 15 heavy (non-hydrogen) atoms. The van der Waals surface area contributed by atoms with Crippen molar-refractivity contribution in [3.8, 4) is 0 Å². The van der Waals surface area contributed by atoms with Gasteiger partial charge in [-0.2, -0.15) is 0 Å². The summed E-state index contributed by atoms with van der Waals surface area (Å²) in [4.78, 5) is 23.4. The first-order valence-corrected chi connectivity index (χ1v) is 5.06. The minimum Gasteiger partial charge on any atom is -0.465 e. The van der Waals surface area contributed by atoms with Crippen LogP contribution < -0.4 is 0 Å². The molecule has 2 saturated heterocycles. The first kappa shape index (κ1) is 10.3. The van der Waals surface area contributed by atoms with Crippen LogP contribution in [0.15, 0.2) is 0 Å². The monoisotopic (exact) mass is 213 g/mol. The zero-order valence-electron chi connectivity index (χ0n) is 8.95. The summed E-state index contributed by atoms with van der Waals surface area (Å²) >= 11 is 0. The maximum absolute atomic E-state index is 11.3. The van der Waals surface area contributed by atoms with Crippen molar-refractivity contribution in [1.29, 1.82) is 0 Å². The SMILES string of the molecule is CC1(C)CC(=O)OC12CCN(C(=O)O)C2. The Hall–Kier alpha value is -1.26. The minimum absolute atomic E-state index is 0.216. The van der Waals surface area contributed by atoms with Crippen molar-refractivity contribution in [2.75, 3.05) is 13.1 Å². The molecule has 2 aliphatic rings. The van der Waals surface area contributed by atoms with Crippen molar-refractivity contribution in [3.05, 3.63) is 0 Å². The molecule has 0 saturated carbocycles. The molecule has 84 valence electrons. The molecule has 0 aromatic rings. The molecule has 0 aliphatic carbocycles. The topological polar surface area (TPSA) is 66.8 Å². The predicted molar refractivity (Wildman–Crippen MR) is 51.4 cm³/mol. The lowest BCUT2D eigenvalue weighted by Gasteiger charge is -2.34. The van der Waals surface area contributed by atoms with Gasteiger partial charge >= 0.3 is 12.1 Å². The van der Waals surface area contributed by atoms with E-state index in [1.54, 1.807) is 0 Å². The van der Waals surface area contributed by atoms with Gasteiger partial charge < -0.3 is 14.7 Å². The van der Waals surface area contributed by atoms with Crippen molar-refractivity contribution in [2.45, 2.75) is 32.3 Å². The molecule has 1 atom stereocenters. The van der Waals surface area contributed by atoms with Gasteiger partial charge in [0.2, 0.25) is 0 Å². The average Bonchev–Trinajstić information content (AvgIpc) is 2.56. The van der Waals surface area contributed by atoms with Gasteiger partial charge in [-0.05, 0) is 0 Å². The Bertz CT molecular complexity index is 325. The molecule has 1 spiro atoms. The highest BCUT2D eigenvalue weighted by Crippen LogP contribution is 2.48. The molecule has 5 nitrogen and oxygen atoms in total. The third-order valence-corrected chi connectivity index (χ3v) is 3.63. The van der Waals surface area contributed by atoms with Gasteiger partial charge in [-0.15, -0.1) is 0 Å². The molecule has 1 amide bonds. The lowest BCUT2D eigenvalue weighted by Crippen LogP contribution is -2.44. The first-order chi connectivity index (χ1) is 6.86. The Labute approximate surface area is 88.0 Å². The Morgan fingerprint density at radius 1 is 1.53 bits per heavy atom. The van der Waals surface area contributed by atoms with Gasteiger partial charge in [0, 0.05) is 18.4 Å². The number of carbonyl (C=O) groups excluding carboxylic acids is 1. The average molecular weight is 213 g/mol. The molecule has 2 rings (SSSR count). The fourth-order valence-electron chi connectivity index (χ4n) is 2.50. The zero-order chi connectivity index (χ0) is 11.3. The van der Waals surface area contributed by atoms with Crippen LogP contribution >= 0.6 is 0 Å². The van der Waals surface area contributed by atoms with Crippen LogP contribution in [0.4, 0.5) is 4.79 Å². The van der Waals surface area contributed by atoms with E-state index in [-0.39, 0.29) is 11.4 Å². The van der Waals surface area contributed by atoms with Gasteiger partial charge in [-0.1, -0.05) is 13.8 Å². The molecular weight excluding hydrogens is 198 g/mol. The fraction of sp³-hybridized carbons (Fsp3) is 0.800. The van der Waals surface area contributed by atoms with E-state index >= 15 is 0 Å². The molecule has 5 heteroatoms. The quantitative estimate of drug-likeness (QED) is 0.611. The van der Waals surface area contributed by atoms with E-state index in [0.717, 1.165) is 0 Å². The van der Waals surface area contributed by atoms with E-state index in [9.17, 15) is 9.59 Å². The highest BCUT2D eigenvalue weighted by Gasteiger charge is 2.58. The van der Waals surface area contributed by atoms with Crippen LogP contribution in [-0.4, -0.2) is 40.8 Å². The Balaban J connectivity index is 2.22. The van der Waals surface area contributed by atoms with Crippen molar-refractivity contribution >= 4 is 12.1 Å². The van der Waals surface area contributed by atoms with Gasteiger partial charge in [-0.3, -0.25) is 4.79 Å². The summed E-state index contributed by atoms with van der Waals surface area (Å²) in [6.07, 6.45) is 0.0454. The van der Waals surface area contributed by atoms with E-state index in [4.69, 9.17) is 9.84 Å². The first-order valence-electron chi connectivity index (χ1n) is 5.06. The molecule has 0 radical (unpaired) electrons. The van der Waals surface area contributed by atoms with E-state index in [1.807, 2.05) is 13.8 Å². The van der Waals surface area contributed by atoms with Crippen LogP contribution in [0.3, 0.4) is 0 Å². The smallest absolute Gasteiger partial charge is 0.407 e. The zero-order valence-corrected chi connectivity index (χ0v) is 8.95. The highest BCUT2D eigenvalue weighted by atomic mass is 16.6. The van der Waals surface area contributed by atoms with Crippen LogP contribution in [0.2, 0.25) is 0 Å². The largest absolute Gasteiger partial charge is 0.465 e. The summed E-state index contributed by atoms with van der Waals surface area (Å²) in [5.74, 6) is -0.216. The number of carboxylic acid groups (broad SMARTS) is 1. The molecule has 1 N–H and O–H groups in total. The summed E-state index contributed by atoms with van der Waals surface area (Å²) in [6.45, 7) is 4.68. The molecule has 1 unspecified atom stereocenters. The molecule has 2 heterocycles. The van der Waals surface area contributed by atoms with Gasteiger partial charge in [0.15, 0.2) is 0 Å². The van der Waals surface area contributed by atoms with Crippen molar-refractivity contribution in [1.82, 2.24) is 4.90 Å². The molecule has 0 aromatic heterocycles. The third kappa shape index (κ3) is 1.37. The van der Waals surface area contributed by atoms with Crippen LogP contribution in [0.1, 0.15) is 26.7 Å². The number of nitrogens with zero attached hydrogens (tertiary/aromatic N) is 1. The van der Waals surface area contributed by atoms with Crippen molar-refractivity contribution in [3.63, 3.8) is 0 Å². The van der Waals surface area contributed by atoms with Crippen molar-refractivity contribution < 1.29 is 19.4 Å². The predicted octanol–water partition coefficient (Wildman–Crippen LogP) is 1.08.